The van der Waals surface area contributed by atoms with Crippen molar-refractivity contribution >= 4 is 11.8 Å². The van der Waals surface area contributed by atoms with Gasteiger partial charge in [0.15, 0.2) is 0 Å². The molecule has 1 N–H and O–H groups in total. The van der Waals surface area contributed by atoms with Crippen LogP contribution >= 0.6 is 0 Å². The van der Waals surface area contributed by atoms with E-state index in [-0.39, 0.29) is 23.8 Å². The molecule has 2 unspecified atom stereocenters. The van der Waals surface area contributed by atoms with Gasteiger partial charge in [-0.1, -0.05) is 24.4 Å². The van der Waals surface area contributed by atoms with Crippen molar-refractivity contribution in [3.8, 4) is 0 Å². The number of aromatic nitrogens is 1. The Hall–Kier alpha value is -1.85. The summed E-state index contributed by atoms with van der Waals surface area (Å²) in [6.45, 7) is 2.08. The van der Waals surface area contributed by atoms with Crippen LogP contribution in [-0.4, -0.2) is 34.0 Å². The zero-order valence-corrected chi connectivity index (χ0v) is 12.2. The van der Waals surface area contributed by atoms with E-state index in [9.17, 15) is 9.59 Å². The molecule has 21 heavy (non-hydrogen) atoms. The minimum atomic E-state index is -0.464. The third kappa shape index (κ3) is 2.80. The van der Waals surface area contributed by atoms with Gasteiger partial charge in [-0.25, -0.2) is 0 Å². The predicted molar refractivity (Wildman–Crippen MR) is 75.0 cm³/mol. The van der Waals surface area contributed by atoms with Crippen LogP contribution < -0.4 is 5.32 Å². The molecule has 0 aromatic carbocycles. The second kappa shape index (κ2) is 5.87. The molecule has 6 nitrogen and oxygen atoms in total. The van der Waals surface area contributed by atoms with Gasteiger partial charge in [0.1, 0.15) is 24.0 Å². The summed E-state index contributed by atoms with van der Waals surface area (Å²) in [5, 5.41) is 6.76. The van der Waals surface area contributed by atoms with Gasteiger partial charge >= 0.3 is 0 Å². The summed E-state index contributed by atoms with van der Waals surface area (Å²) < 4.78 is 4.81. The molecule has 2 atom stereocenters. The Morgan fingerprint density at radius 1 is 1.33 bits per heavy atom. The van der Waals surface area contributed by atoms with Gasteiger partial charge in [-0.3, -0.25) is 9.59 Å². The first-order valence-electron chi connectivity index (χ1n) is 7.67. The Bertz CT molecular complexity index is 508. The van der Waals surface area contributed by atoms with Crippen LogP contribution in [0.4, 0.5) is 0 Å². The second-order valence-corrected chi connectivity index (χ2v) is 6.02. The third-order valence-corrected chi connectivity index (χ3v) is 4.64. The molecule has 2 heterocycles. The molecular weight excluding hydrogens is 270 g/mol. The summed E-state index contributed by atoms with van der Waals surface area (Å²) in [7, 11) is 0. The van der Waals surface area contributed by atoms with Crippen LogP contribution in [0, 0.1) is 5.92 Å². The molecule has 6 heteroatoms. The Kier molecular flexibility index (Phi) is 3.94. The molecule has 1 saturated carbocycles. The molecule has 2 aliphatic rings. The van der Waals surface area contributed by atoms with E-state index in [4.69, 9.17) is 4.52 Å². The lowest BCUT2D eigenvalue weighted by Crippen LogP contribution is -2.64. The molecule has 0 radical (unpaired) electrons. The fourth-order valence-corrected chi connectivity index (χ4v) is 3.34. The normalized spacial score (nSPS) is 27.8. The molecule has 1 aliphatic carbocycles. The quantitative estimate of drug-likeness (QED) is 0.915. The molecule has 3 rings (SSSR count). The Labute approximate surface area is 123 Å². The summed E-state index contributed by atoms with van der Waals surface area (Å²) in [6, 6.07) is 0.886. The predicted octanol–water partition coefficient (Wildman–Crippen LogP) is 1.47. The van der Waals surface area contributed by atoms with Crippen LogP contribution in [0.2, 0.25) is 0 Å². The van der Waals surface area contributed by atoms with Crippen molar-refractivity contribution in [3.63, 3.8) is 0 Å². The maximum atomic E-state index is 12.8. The Morgan fingerprint density at radius 2 is 2.10 bits per heavy atom. The highest BCUT2D eigenvalue weighted by Crippen LogP contribution is 2.29. The van der Waals surface area contributed by atoms with E-state index in [1.165, 1.54) is 12.7 Å². The van der Waals surface area contributed by atoms with Gasteiger partial charge in [-0.15, -0.1) is 0 Å². The van der Waals surface area contributed by atoms with Crippen molar-refractivity contribution in [1.82, 2.24) is 15.4 Å². The molecule has 0 bridgehead atoms. The largest absolute Gasteiger partial charge is 0.364 e. The van der Waals surface area contributed by atoms with Crippen LogP contribution in [0.1, 0.15) is 44.7 Å². The minimum absolute atomic E-state index is 0.0111. The summed E-state index contributed by atoms with van der Waals surface area (Å²) in [6.07, 6.45) is 7.02. The topological polar surface area (TPSA) is 75.4 Å². The van der Waals surface area contributed by atoms with E-state index in [1.807, 2.05) is 0 Å². The molecule has 0 spiro atoms. The molecule has 1 saturated heterocycles. The molecule has 2 amide bonds. The second-order valence-electron chi connectivity index (χ2n) is 6.02. The lowest BCUT2D eigenvalue weighted by molar-refractivity contribution is -0.151. The lowest BCUT2D eigenvalue weighted by atomic mass is 9.82. The monoisotopic (exact) mass is 291 g/mol. The van der Waals surface area contributed by atoms with Crippen LogP contribution in [-0.2, 0) is 16.1 Å². The van der Waals surface area contributed by atoms with Crippen molar-refractivity contribution in [1.29, 1.82) is 0 Å². The first-order chi connectivity index (χ1) is 10.2. The summed E-state index contributed by atoms with van der Waals surface area (Å²) in [4.78, 5) is 26.6. The number of hydrogen-bond acceptors (Lipinski definition) is 4. The van der Waals surface area contributed by atoms with Crippen molar-refractivity contribution in [2.24, 2.45) is 5.92 Å². The van der Waals surface area contributed by atoms with Gasteiger partial charge in [0, 0.05) is 6.07 Å². The first kappa shape index (κ1) is 14.1. The van der Waals surface area contributed by atoms with Gasteiger partial charge < -0.3 is 14.7 Å². The highest BCUT2D eigenvalue weighted by Gasteiger charge is 2.42. The number of amides is 2. The highest BCUT2D eigenvalue weighted by atomic mass is 16.5. The average Bonchev–Trinajstić information content (AvgIpc) is 3.01. The van der Waals surface area contributed by atoms with Crippen LogP contribution in [0.3, 0.4) is 0 Å². The van der Waals surface area contributed by atoms with E-state index in [2.05, 4.69) is 10.5 Å². The van der Waals surface area contributed by atoms with E-state index in [0.717, 1.165) is 25.7 Å². The van der Waals surface area contributed by atoms with Crippen LogP contribution in [0.5, 0.6) is 0 Å². The maximum Gasteiger partial charge on any atom is 0.246 e. The zero-order chi connectivity index (χ0) is 14.8. The molecular formula is C15H21N3O3. The zero-order valence-electron chi connectivity index (χ0n) is 12.2. The number of piperazine rings is 1. The van der Waals surface area contributed by atoms with Gasteiger partial charge in [-0.2, -0.15) is 0 Å². The SMILES string of the molecule is CC1C(=O)NC(C2CCCCC2)C(=O)N1Cc1ccon1. The van der Waals surface area contributed by atoms with Crippen molar-refractivity contribution < 1.29 is 14.1 Å². The van der Waals surface area contributed by atoms with Crippen molar-refractivity contribution in [2.75, 3.05) is 0 Å². The number of nitrogens with one attached hydrogen (secondary N) is 1. The fourth-order valence-electron chi connectivity index (χ4n) is 3.34. The number of nitrogens with zero attached hydrogens (tertiary/aromatic N) is 2. The third-order valence-electron chi connectivity index (χ3n) is 4.64. The first-order valence-corrected chi connectivity index (χ1v) is 7.67. The molecule has 2 fully saturated rings. The molecule has 1 aromatic heterocycles. The summed E-state index contributed by atoms with van der Waals surface area (Å²) in [5.74, 6) is 0.202. The Morgan fingerprint density at radius 3 is 2.76 bits per heavy atom. The van der Waals surface area contributed by atoms with E-state index in [1.54, 1.807) is 17.9 Å². The molecule has 1 aromatic rings. The average molecular weight is 291 g/mol. The van der Waals surface area contributed by atoms with E-state index < -0.39 is 6.04 Å². The smallest absolute Gasteiger partial charge is 0.246 e. The number of carbonyl (C=O) groups excluding carboxylic acids is 2. The van der Waals surface area contributed by atoms with Crippen LogP contribution in [0.15, 0.2) is 16.9 Å². The van der Waals surface area contributed by atoms with Gasteiger partial charge in [-0.05, 0) is 25.7 Å². The van der Waals surface area contributed by atoms with Crippen LogP contribution in [0.25, 0.3) is 0 Å². The molecule has 114 valence electrons. The van der Waals surface area contributed by atoms with Gasteiger partial charge in [0.05, 0.1) is 6.54 Å². The minimum Gasteiger partial charge on any atom is -0.364 e. The van der Waals surface area contributed by atoms with Crippen molar-refractivity contribution in [2.45, 2.75) is 57.7 Å². The summed E-state index contributed by atoms with van der Waals surface area (Å²) in [5.41, 5.74) is 0.673. The number of hydrogen-bond donors (Lipinski definition) is 1. The van der Waals surface area contributed by atoms with E-state index >= 15 is 0 Å². The standard InChI is InChI=1S/C15H21N3O3/c1-10-14(19)16-13(11-5-3-2-4-6-11)15(20)18(10)9-12-7-8-21-17-12/h7-8,10-11,13H,2-6,9H2,1H3,(H,16,19). The fraction of sp³-hybridized carbons (Fsp3) is 0.667. The lowest BCUT2D eigenvalue weighted by Gasteiger charge is -2.40. The van der Waals surface area contributed by atoms with Gasteiger partial charge in [0.25, 0.3) is 0 Å². The molecule has 1 aliphatic heterocycles. The number of rotatable bonds is 3. The summed E-state index contributed by atoms with van der Waals surface area (Å²) >= 11 is 0. The maximum absolute atomic E-state index is 12.8. The highest BCUT2D eigenvalue weighted by molar-refractivity contribution is 5.96. The Balaban J connectivity index is 1.77. The number of carbonyl (C=O) groups is 2. The van der Waals surface area contributed by atoms with E-state index in [0.29, 0.717) is 12.2 Å². The van der Waals surface area contributed by atoms with Gasteiger partial charge in [0.2, 0.25) is 11.8 Å². The van der Waals surface area contributed by atoms with Crippen molar-refractivity contribution in [3.05, 3.63) is 18.0 Å².